The summed E-state index contributed by atoms with van der Waals surface area (Å²) in [6.45, 7) is 3.81. The van der Waals surface area contributed by atoms with E-state index in [0.717, 1.165) is 25.9 Å². The summed E-state index contributed by atoms with van der Waals surface area (Å²) in [4.78, 5) is 14.9. The van der Waals surface area contributed by atoms with E-state index in [0.29, 0.717) is 34.4 Å². The van der Waals surface area contributed by atoms with Crippen molar-refractivity contribution in [2.75, 3.05) is 29.9 Å². The van der Waals surface area contributed by atoms with Gasteiger partial charge in [0.05, 0.1) is 16.4 Å². The van der Waals surface area contributed by atoms with E-state index in [1.807, 2.05) is 11.8 Å². The second-order valence-electron chi connectivity index (χ2n) is 6.85. The lowest BCUT2D eigenvalue weighted by molar-refractivity contribution is 0.102. The molecular weight excluding hydrogens is 433 g/mol. The Labute approximate surface area is 181 Å². The number of benzene rings is 2. The molecule has 2 N–H and O–H groups in total. The molecule has 0 spiro atoms. The maximum absolute atomic E-state index is 12.9. The van der Waals surface area contributed by atoms with Crippen LogP contribution in [0.15, 0.2) is 41.3 Å². The molecule has 1 aliphatic rings. The highest BCUT2D eigenvalue weighted by atomic mass is 35.5. The number of hydrogen-bond donors (Lipinski definition) is 2. The molecule has 1 amide bonds. The summed E-state index contributed by atoms with van der Waals surface area (Å²) < 4.78 is 28.4. The predicted molar refractivity (Wildman–Crippen MR) is 118 cm³/mol. The molecule has 3 rings (SSSR count). The minimum absolute atomic E-state index is 0.114. The molecule has 9 heteroatoms. The molecule has 1 heterocycles. The Morgan fingerprint density at radius 2 is 1.83 bits per heavy atom. The van der Waals surface area contributed by atoms with Gasteiger partial charge in [-0.25, -0.2) is 13.1 Å². The van der Waals surface area contributed by atoms with Crippen LogP contribution in [0.1, 0.15) is 36.5 Å². The molecule has 2 aromatic carbocycles. The van der Waals surface area contributed by atoms with Gasteiger partial charge in [0, 0.05) is 30.2 Å². The van der Waals surface area contributed by atoms with E-state index < -0.39 is 15.9 Å². The molecule has 29 heavy (non-hydrogen) atoms. The first-order valence-corrected chi connectivity index (χ1v) is 11.7. The summed E-state index contributed by atoms with van der Waals surface area (Å²) in [6, 6.07) is 9.49. The van der Waals surface area contributed by atoms with Crippen molar-refractivity contribution in [3.63, 3.8) is 0 Å². The highest BCUT2D eigenvalue weighted by Crippen LogP contribution is 2.30. The Hall–Kier alpha value is -1.80. The van der Waals surface area contributed by atoms with E-state index in [-0.39, 0.29) is 10.5 Å². The summed E-state index contributed by atoms with van der Waals surface area (Å²) in [5, 5.41) is 3.47. The molecule has 1 aliphatic heterocycles. The lowest BCUT2D eigenvalue weighted by Crippen LogP contribution is -2.28. The molecule has 0 radical (unpaired) electrons. The summed E-state index contributed by atoms with van der Waals surface area (Å²) in [5.74, 6) is -0.450. The van der Waals surface area contributed by atoms with Gasteiger partial charge >= 0.3 is 0 Å². The number of carbonyl (C=O) groups excluding carboxylic acids is 1. The van der Waals surface area contributed by atoms with E-state index in [1.54, 1.807) is 24.3 Å². The monoisotopic (exact) mass is 455 g/mol. The fourth-order valence-corrected chi connectivity index (χ4v) is 5.03. The van der Waals surface area contributed by atoms with Crippen LogP contribution in [-0.4, -0.2) is 34.0 Å². The van der Waals surface area contributed by atoms with Crippen LogP contribution in [0, 0.1) is 0 Å². The normalized spacial score (nSPS) is 14.2. The number of carbonyl (C=O) groups is 1. The molecule has 0 atom stereocenters. The van der Waals surface area contributed by atoms with Crippen LogP contribution in [0.5, 0.6) is 0 Å². The van der Waals surface area contributed by atoms with Crippen molar-refractivity contribution in [3.05, 3.63) is 52.0 Å². The SMILES string of the molecule is CCCNS(=O)(=O)c1cc(C(=O)Nc2ccc(Cl)cc2Cl)ccc1N1CCCC1. The van der Waals surface area contributed by atoms with Gasteiger partial charge in [-0.05, 0) is 55.7 Å². The lowest BCUT2D eigenvalue weighted by Gasteiger charge is -2.22. The molecule has 0 aliphatic carbocycles. The Morgan fingerprint density at radius 1 is 1.10 bits per heavy atom. The number of hydrogen-bond acceptors (Lipinski definition) is 4. The van der Waals surface area contributed by atoms with Crippen molar-refractivity contribution in [1.82, 2.24) is 4.72 Å². The lowest BCUT2D eigenvalue weighted by atomic mass is 10.1. The van der Waals surface area contributed by atoms with Gasteiger partial charge in [0.2, 0.25) is 10.0 Å². The van der Waals surface area contributed by atoms with Crippen molar-refractivity contribution in [1.29, 1.82) is 0 Å². The van der Waals surface area contributed by atoms with Crippen LogP contribution in [0.25, 0.3) is 0 Å². The molecule has 156 valence electrons. The second kappa shape index (κ2) is 9.34. The Balaban J connectivity index is 1.95. The van der Waals surface area contributed by atoms with Crippen LogP contribution in [0.4, 0.5) is 11.4 Å². The average molecular weight is 456 g/mol. The minimum Gasteiger partial charge on any atom is -0.370 e. The van der Waals surface area contributed by atoms with Gasteiger partial charge in [0.1, 0.15) is 4.90 Å². The number of amides is 1. The van der Waals surface area contributed by atoms with Gasteiger partial charge in [-0.15, -0.1) is 0 Å². The summed E-state index contributed by atoms with van der Waals surface area (Å²) in [5.41, 5.74) is 1.25. The van der Waals surface area contributed by atoms with Crippen molar-refractivity contribution in [2.45, 2.75) is 31.1 Å². The van der Waals surface area contributed by atoms with Gasteiger partial charge in [-0.3, -0.25) is 4.79 Å². The average Bonchev–Trinajstić information content (AvgIpc) is 3.22. The molecule has 1 fully saturated rings. The molecule has 0 bridgehead atoms. The summed E-state index contributed by atoms with van der Waals surface area (Å²) >= 11 is 12.0. The number of nitrogens with zero attached hydrogens (tertiary/aromatic N) is 1. The maximum atomic E-state index is 12.9. The Bertz CT molecular complexity index is 1010. The van der Waals surface area contributed by atoms with E-state index in [9.17, 15) is 13.2 Å². The minimum atomic E-state index is -3.75. The highest BCUT2D eigenvalue weighted by molar-refractivity contribution is 7.89. The third-order valence-corrected chi connectivity index (χ3v) is 6.72. The number of halogens is 2. The van der Waals surface area contributed by atoms with Crippen LogP contribution in [-0.2, 0) is 10.0 Å². The van der Waals surface area contributed by atoms with Crippen LogP contribution >= 0.6 is 23.2 Å². The smallest absolute Gasteiger partial charge is 0.255 e. The topological polar surface area (TPSA) is 78.5 Å². The van der Waals surface area contributed by atoms with Crippen molar-refractivity contribution < 1.29 is 13.2 Å². The molecule has 1 saturated heterocycles. The van der Waals surface area contributed by atoms with Crippen LogP contribution < -0.4 is 14.9 Å². The number of rotatable bonds is 7. The summed E-state index contributed by atoms with van der Waals surface area (Å²) in [7, 11) is -3.75. The van der Waals surface area contributed by atoms with Gasteiger partial charge in [-0.1, -0.05) is 30.1 Å². The third kappa shape index (κ3) is 5.22. The Kier molecular flexibility index (Phi) is 7.05. The first-order chi connectivity index (χ1) is 13.8. The van der Waals surface area contributed by atoms with Gasteiger partial charge in [0.15, 0.2) is 0 Å². The van der Waals surface area contributed by atoms with Crippen molar-refractivity contribution in [2.24, 2.45) is 0 Å². The maximum Gasteiger partial charge on any atom is 0.255 e. The molecule has 0 aromatic heterocycles. The first-order valence-electron chi connectivity index (χ1n) is 9.47. The zero-order valence-corrected chi connectivity index (χ0v) is 18.4. The molecule has 0 saturated carbocycles. The molecule has 2 aromatic rings. The molecular formula is C20H23Cl2N3O3S. The number of nitrogens with one attached hydrogen (secondary N) is 2. The van der Waals surface area contributed by atoms with E-state index in [1.165, 1.54) is 12.1 Å². The molecule has 6 nitrogen and oxygen atoms in total. The van der Waals surface area contributed by atoms with Crippen LogP contribution in [0.2, 0.25) is 10.0 Å². The van der Waals surface area contributed by atoms with Gasteiger partial charge in [-0.2, -0.15) is 0 Å². The standard InChI is InChI=1S/C20H23Cl2N3O3S/c1-2-9-23-29(27,28)19-12-14(5-8-18(19)25-10-3-4-11-25)20(26)24-17-7-6-15(21)13-16(17)22/h5-8,12-13,23H,2-4,9-11H2,1H3,(H,24,26). The fraction of sp³-hybridized carbons (Fsp3) is 0.350. The predicted octanol–water partition coefficient (Wildman–Crippen LogP) is 4.53. The first kappa shape index (κ1) is 21.9. The summed E-state index contributed by atoms with van der Waals surface area (Å²) in [6.07, 6.45) is 2.70. The third-order valence-electron chi connectivity index (χ3n) is 4.68. The van der Waals surface area contributed by atoms with E-state index in [2.05, 4.69) is 10.0 Å². The van der Waals surface area contributed by atoms with Crippen molar-refractivity contribution in [3.8, 4) is 0 Å². The number of sulfonamides is 1. The fourth-order valence-electron chi connectivity index (χ4n) is 3.19. The van der Waals surface area contributed by atoms with Crippen molar-refractivity contribution >= 4 is 50.5 Å². The molecule has 0 unspecified atom stereocenters. The van der Waals surface area contributed by atoms with E-state index in [4.69, 9.17) is 23.2 Å². The number of anilines is 2. The Morgan fingerprint density at radius 3 is 2.48 bits per heavy atom. The van der Waals surface area contributed by atoms with Gasteiger partial charge in [0.25, 0.3) is 5.91 Å². The zero-order valence-electron chi connectivity index (χ0n) is 16.0. The zero-order chi connectivity index (χ0) is 21.0. The highest BCUT2D eigenvalue weighted by Gasteiger charge is 2.25. The second-order valence-corrected chi connectivity index (χ2v) is 9.43. The van der Waals surface area contributed by atoms with Crippen LogP contribution in [0.3, 0.4) is 0 Å². The quantitative estimate of drug-likeness (QED) is 0.642. The largest absolute Gasteiger partial charge is 0.370 e. The van der Waals surface area contributed by atoms with E-state index >= 15 is 0 Å². The van der Waals surface area contributed by atoms with Gasteiger partial charge < -0.3 is 10.2 Å².